The Morgan fingerprint density at radius 1 is 0.840 bits per heavy atom. The molecule has 4 heteroatoms. The summed E-state index contributed by atoms with van der Waals surface area (Å²) in [6.07, 6.45) is 0. The van der Waals surface area contributed by atoms with Gasteiger partial charge in [-0.3, -0.25) is 0 Å². The standard InChI is InChI=1S/C21H23O2PS/c1-3-22-24(23-4-2)21(19-11-7-8-12-20(19)25)18-14-13-16-9-5-6-10-17(16)15-18/h5-15,21,25H,3-4H2,1-2H3. The maximum absolute atomic E-state index is 6.03. The molecule has 0 radical (unpaired) electrons. The number of thiol groups is 1. The normalized spacial score (nSPS) is 12.6. The molecule has 1 atom stereocenters. The van der Waals surface area contributed by atoms with Crippen molar-refractivity contribution in [2.24, 2.45) is 0 Å². The van der Waals surface area contributed by atoms with Crippen LogP contribution in [0.5, 0.6) is 0 Å². The van der Waals surface area contributed by atoms with Crippen molar-refractivity contribution in [3.8, 4) is 0 Å². The summed E-state index contributed by atoms with van der Waals surface area (Å²) in [7, 11) is -1.10. The van der Waals surface area contributed by atoms with Crippen molar-refractivity contribution in [3.63, 3.8) is 0 Å². The minimum atomic E-state index is -1.10. The summed E-state index contributed by atoms with van der Waals surface area (Å²) in [5.74, 6) is 0. The molecule has 3 rings (SSSR count). The second-order valence-electron chi connectivity index (χ2n) is 5.69. The maximum atomic E-state index is 6.03. The molecule has 0 heterocycles. The molecule has 3 aromatic rings. The second kappa shape index (κ2) is 8.82. The van der Waals surface area contributed by atoms with Crippen LogP contribution in [0.3, 0.4) is 0 Å². The number of rotatable bonds is 7. The summed E-state index contributed by atoms with van der Waals surface area (Å²) in [6.45, 7) is 5.28. The van der Waals surface area contributed by atoms with Gasteiger partial charge in [0, 0.05) is 4.90 Å². The minimum Gasteiger partial charge on any atom is -0.334 e. The van der Waals surface area contributed by atoms with Crippen molar-refractivity contribution in [2.45, 2.75) is 24.4 Å². The minimum absolute atomic E-state index is 0.0354. The smallest absolute Gasteiger partial charge is 0.183 e. The van der Waals surface area contributed by atoms with Crippen molar-refractivity contribution in [2.75, 3.05) is 13.2 Å². The molecule has 3 aromatic carbocycles. The van der Waals surface area contributed by atoms with E-state index in [-0.39, 0.29) is 5.66 Å². The highest BCUT2D eigenvalue weighted by molar-refractivity contribution is 7.80. The van der Waals surface area contributed by atoms with Crippen LogP contribution in [-0.4, -0.2) is 13.2 Å². The predicted molar refractivity (Wildman–Crippen MR) is 110 cm³/mol. The molecule has 0 aliphatic rings. The van der Waals surface area contributed by atoms with Gasteiger partial charge in [0.1, 0.15) is 0 Å². The zero-order valence-electron chi connectivity index (χ0n) is 14.6. The third kappa shape index (κ3) is 4.24. The van der Waals surface area contributed by atoms with E-state index in [9.17, 15) is 0 Å². The zero-order valence-corrected chi connectivity index (χ0v) is 16.3. The fraction of sp³-hybridized carbons (Fsp3) is 0.238. The van der Waals surface area contributed by atoms with Gasteiger partial charge >= 0.3 is 0 Å². The lowest BCUT2D eigenvalue weighted by Gasteiger charge is -2.27. The van der Waals surface area contributed by atoms with E-state index in [1.807, 2.05) is 26.0 Å². The summed E-state index contributed by atoms with van der Waals surface area (Å²) in [6, 6.07) is 23.2. The Balaban J connectivity index is 2.12. The Morgan fingerprint density at radius 3 is 2.16 bits per heavy atom. The average Bonchev–Trinajstić information content (AvgIpc) is 2.64. The Labute approximate surface area is 156 Å². The second-order valence-corrected chi connectivity index (χ2v) is 7.77. The van der Waals surface area contributed by atoms with Crippen LogP contribution in [-0.2, 0) is 9.05 Å². The highest BCUT2D eigenvalue weighted by Crippen LogP contribution is 2.57. The van der Waals surface area contributed by atoms with E-state index < -0.39 is 8.38 Å². The number of fused-ring (bicyclic) bond motifs is 1. The van der Waals surface area contributed by atoms with E-state index in [1.165, 1.54) is 16.3 Å². The van der Waals surface area contributed by atoms with E-state index in [0.29, 0.717) is 13.2 Å². The lowest BCUT2D eigenvalue weighted by Crippen LogP contribution is -2.05. The van der Waals surface area contributed by atoms with E-state index in [0.717, 1.165) is 10.5 Å². The summed E-state index contributed by atoms with van der Waals surface area (Å²) >= 11 is 4.69. The van der Waals surface area contributed by atoms with Gasteiger partial charge in [0.2, 0.25) is 0 Å². The lowest BCUT2D eigenvalue weighted by atomic mass is 10.0. The Hall–Kier alpha value is -1.38. The zero-order chi connectivity index (χ0) is 17.6. The van der Waals surface area contributed by atoms with E-state index in [1.54, 1.807) is 0 Å². The average molecular weight is 370 g/mol. The van der Waals surface area contributed by atoms with Crippen molar-refractivity contribution >= 4 is 31.8 Å². The first kappa shape index (κ1) is 18.4. The van der Waals surface area contributed by atoms with Gasteiger partial charge < -0.3 is 9.05 Å². The largest absolute Gasteiger partial charge is 0.334 e. The van der Waals surface area contributed by atoms with Gasteiger partial charge in [0.05, 0.1) is 18.9 Å². The van der Waals surface area contributed by atoms with Crippen LogP contribution in [0.4, 0.5) is 0 Å². The lowest BCUT2D eigenvalue weighted by molar-refractivity contribution is 0.265. The molecule has 0 aliphatic heterocycles. The van der Waals surface area contributed by atoms with Gasteiger partial charge in [0.15, 0.2) is 8.38 Å². The highest BCUT2D eigenvalue weighted by Gasteiger charge is 2.28. The van der Waals surface area contributed by atoms with E-state index in [2.05, 4.69) is 54.6 Å². The van der Waals surface area contributed by atoms with Gasteiger partial charge in [-0.05, 0) is 41.8 Å². The molecule has 2 nitrogen and oxygen atoms in total. The number of benzene rings is 3. The monoisotopic (exact) mass is 370 g/mol. The quantitative estimate of drug-likeness (QED) is 0.373. The summed E-state index contributed by atoms with van der Waals surface area (Å²) < 4.78 is 12.1. The summed E-state index contributed by atoms with van der Waals surface area (Å²) in [4.78, 5) is 0.965. The number of hydrogen-bond donors (Lipinski definition) is 1. The fourth-order valence-corrected chi connectivity index (χ4v) is 5.08. The van der Waals surface area contributed by atoms with Gasteiger partial charge in [-0.1, -0.05) is 60.7 Å². The predicted octanol–water partition coefficient (Wildman–Crippen LogP) is 6.60. The number of hydrogen-bond acceptors (Lipinski definition) is 3. The van der Waals surface area contributed by atoms with Crippen molar-refractivity contribution < 1.29 is 9.05 Å². The Kier molecular flexibility index (Phi) is 6.50. The molecule has 1 unspecified atom stereocenters. The molecule has 0 bridgehead atoms. The van der Waals surface area contributed by atoms with Crippen LogP contribution >= 0.6 is 21.0 Å². The first-order chi connectivity index (χ1) is 12.2. The highest BCUT2D eigenvalue weighted by atomic mass is 32.1. The van der Waals surface area contributed by atoms with Gasteiger partial charge in [-0.15, -0.1) is 12.6 Å². The first-order valence-corrected chi connectivity index (χ1v) is 10.3. The Morgan fingerprint density at radius 2 is 1.48 bits per heavy atom. The molecule has 0 saturated heterocycles. The van der Waals surface area contributed by atoms with Crippen molar-refractivity contribution in [3.05, 3.63) is 77.9 Å². The fourth-order valence-electron chi connectivity index (χ4n) is 2.95. The van der Waals surface area contributed by atoms with Crippen LogP contribution in [0, 0.1) is 0 Å². The Bertz CT molecular complexity index is 831. The van der Waals surface area contributed by atoms with Gasteiger partial charge in [-0.2, -0.15) is 0 Å². The molecule has 130 valence electrons. The molecule has 0 aromatic heterocycles. The first-order valence-electron chi connectivity index (χ1n) is 8.56. The topological polar surface area (TPSA) is 18.5 Å². The third-order valence-corrected chi connectivity index (χ3v) is 6.47. The van der Waals surface area contributed by atoms with Crippen LogP contribution in [0.1, 0.15) is 30.6 Å². The molecular formula is C21H23O2PS. The molecule has 0 aliphatic carbocycles. The summed E-state index contributed by atoms with van der Waals surface area (Å²) in [5.41, 5.74) is 2.38. The van der Waals surface area contributed by atoms with E-state index in [4.69, 9.17) is 21.7 Å². The maximum Gasteiger partial charge on any atom is 0.183 e. The van der Waals surface area contributed by atoms with Crippen LogP contribution in [0.15, 0.2) is 71.6 Å². The molecule has 25 heavy (non-hydrogen) atoms. The molecule has 0 fully saturated rings. The van der Waals surface area contributed by atoms with Crippen molar-refractivity contribution in [1.82, 2.24) is 0 Å². The molecular weight excluding hydrogens is 347 g/mol. The van der Waals surface area contributed by atoms with Crippen molar-refractivity contribution in [1.29, 1.82) is 0 Å². The van der Waals surface area contributed by atoms with Gasteiger partial charge in [0.25, 0.3) is 0 Å². The SMILES string of the molecule is CCOP(OCC)C(c1ccc2ccccc2c1)c1ccccc1S. The summed E-state index contributed by atoms with van der Waals surface area (Å²) in [5, 5.41) is 2.46. The molecule has 0 spiro atoms. The van der Waals surface area contributed by atoms with Crippen LogP contribution in [0.25, 0.3) is 10.8 Å². The van der Waals surface area contributed by atoms with Gasteiger partial charge in [-0.25, -0.2) is 0 Å². The molecule has 0 N–H and O–H groups in total. The van der Waals surface area contributed by atoms with Crippen LogP contribution < -0.4 is 0 Å². The third-order valence-electron chi connectivity index (χ3n) is 4.04. The van der Waals surface area contributed by atoms with Crippen LogP contribution in [0.2, 0.25) is 0 Å². The molecule has 0 saturated carbocycles. The molecule has 0 amide bonds. The van der Waals surface area contributed by atoms with E-state index >= 15 is 0 Å².